The molecule has 0 saturated heterocycles. The number of aromatic nitrogens is 2. The van der Waals surface area contributed by atoms with Crippen molar-refractivity contribution in [3.8, 4) is 16.9 Å². The fraction of sp³-hybridized carbons (Fsp3) is 0.394. The van der Waals surface area contributed by atoms with Crippen LogP contribution in [0.5, 0.6) is 5.75 Å². The van der Waals surface area contributed by atoms with Gasteiger partial charge in [-0.05, 0) is 87.9 Å². The number of ether oxygens (including phenoxy) is 2. The molecule has 0 spiro atoms. The van der Waals surface area contributed by atoms with Crippen LogP contribution in [-0.4, -0.2) is 21.3 Å². The highest BCUT2D eigenvalue weighted by molar-refractivity contribution is 5.79. The molecule has 0 bridgehead atoms. The van der Waals surface area contributed by atoms with Gasteiger partial charge in [-0.3, -0.25) is 0 Å². The highest BCUT2D eigenvalue weighted by Gasteiger charge is 2.23. The van der Waals surface area contributed by atoms with Crippen LogP contribution in [0.1, 0.15) is 81.3 Å². The number of hydrogen-bond donors (Lipinski definition) is 0. The standard InChI is InChI=1S/C33H38N2O3/c1-22-19-28-29(20-23(22)2)35(31(34-28)26-11-7-6-8-12-26)21-24-15-17-25(18-16-24)27-13-9-10-14-30(27)37-32(36)38-33(3,4)5/h9-10,13-20,26H,6-8,11-12,21H2,1-5H3. The molecule has 0 amide bonds. The van der Waals surface area contributed by atoms with Gasteiger partial charge in [0.25, 0.3) is 0 Å². The molecule has 0 radical (unpaired) electrons. The van der Waals surface area contributed by atoms with Gasteiger partial charge in [0.05, 0.1) is 11.0 Å². The van der Waals surface area contributed by atoms with E-state index in [2.05, 4.69) is 54.8 Å². The molecular weight excluding hydrogens is 472 g/mol. The molecule has 0 N–H and O–H groups in total. The number of para-hydroxylation sites is 1. The molecule has 5 rings (SSSR count). The van der Waals surface area contributed by atoms with Gasteiger partial charge in [-0.15, -0.1) is 0 Å². The van der Waals surface area contributed by atoms with E-state index in [1.807, 2.05) is 39.0 Å². The molecule has 0 atom stereocenters. The first-order valence-corrected chi connectivity index (χ1v) is 13.7. The average Bonchev–Trinajstić information content (AvgIpc) is 3.21. The molecule has 198 valence electrons. The Morgan fingerprint density at radius 3 is 2.34 bits per heavy atom. The van der Waals surface area contributed by atoms with Gasteiger partial charge in [0.15, 0.2) is 0 Å². The third-order valence-corrected chi connectivity index (χ3v) is 7.44. The molecule has 1 aromatic heterocycles. The lowest BCUT2D eigenvalue weighted by Crippen LogP contribution is -2.26. The lowest BCUT2D eigenvalue weighted by Gasteiger charge is -2.22. The number of rotatable bonds is 5. The van der Waals surface area contributed by atoms with Crippen LogP contribution in [0.25, 0.3) is 22.2 Å². The maximum absolute atomic E-state index is 12.3. The molecule has 0 unspecified atom stereocenters. The van der Waals surface area contributed by atoms with Gasteiger partial charge in [0.2, 0.25) is 0 Å². The lowest BCUT2D eigenvalue weighted by molar-refractivity contribution is 0.0207. The number of fused-ring (bicyclic) bond motifs is 1. The second-order valence-electron chi connectivity index (χ2n) is 11.6. The van der Waals surface area contributed by atoms with Gasteiger partial charge in [-0.25, -0.2) is 9.78 Å². The SMILES string of the molecule is Cc1cc2nc(C3CCCCC3)n(Cc3ccc(-c4ccccc4OC(=O)OC(C)(C)C)cc3)c2cc1C. The lowest BCUT2D eigenvalue weighted by atomic mass is 9.88. The topological polar surface area (TPSA) is 53.4 Å². The monoisotopic (exact) mass is 510 g/mol. The first-order valence-electron chi connectivity index (χ1n) is 13.7. The molecule has 3 aromatic carbocycles. The smallest absolute Gasteiger partial charge is 0.428 e. The van der Waals surface area contributed by atoms with Crippen LogP contribution in [0.2, 0.25) is 0 Å². The van der Waals surface area contributed by atoms with Crippen molar-refractivity contribution in [3.63, 3.8) is 0 Å². The molecule has 1 fully saturated rings. The van der Waals surface area contributed by atoms with E-state index in [1.54, 1.807) is 6.07 Å². The highest BCUT2D eigenvalue weighted by atomic mass is 16.7. The zero-order valence-electron chi connectivity index (χ0n) is 23.2. The summed E-state index contributed by atoms with van der Waals surface area (Å²) in [4.78, 5) is 17.5. The van der Waals surface area contributed by atoms with Crippen molar-refractivity contribution in [2.45, 2.75) is 84.8 Å². The molecule has 4 aromatic rings. The Bertz CT molecular complexity index is 1440. The Labute approximate surface area is 225 Å². The third kappa shape index (κ3) is 5.77. The first kappa shape index (κ1) is 26.0. The molecule has 1 aliphatic rings. The fourth-order valence-corrected chi connectivity index (χ4v) is 5.36. The van der Waals surface area contributed by atoms with Crippen molar-refractivity contribution in [2.24, 2.45) is 0 Å². The normalized spacial score (nSPS) is 14.6. The van der Waals surface area contributed by atoms with Crippen LogP contribution < -0.4 is 4.74 Å². The summed E-state index contributed by atoms with van der Waals surface area (Å²) in [5.74, 6) is 2.23. The van der Waals surface area contributed by atoms with E-state index in [1.165, 1.54) is 60.1 Å². The van der Waals surface area contributed by atoms with Crippen LogP contribution in [0.3, 0.4) is 0 Å². The maximum Gasteiger partial charge on any atom is 0.514 e. The van der Waals surface area contributed by atoms with Crippen molar-refractivity contribution in [1.82, 2.24) is 9.55 Å². The summed E-state index contributed by atoms with van der Waals surface area (Å²) in [6.07, 6.45) is 5.63. The van der Waals surface area contributed by atoms with Crippen molar-refractivity contribution < 1.29 is 14.3 Å². The molecule has 1 heterocycles. The molecule has 38 heavy (non-hydrogen) atoms. The van der Waals surface area contributed by atoms with Gasteiger partial charge in [-0.1, -0.05) is 61.7 Å². The molecule has 1 aliphatic carbocycles. The Kier molecular flexibility index (Phi) is 7.29. The molecule has 1 saturated carbocycles. The summed E-state index contributed by atoms with van der Waals surface area (Å²) < 4.78 is 13.4. The molecule has 5 heteroatoms. The second kappa shape index (κ2) is 10.6. The Balaban J connectivity index is 1.43. The van der Waals surface area contributed by atoms with Gasteiger partial charge in [-0.2, -0.15) is 0 Å². The van der Waals surface area contributed by atoms with Gasteiger partial charge in [0.1, 0.15) is 17.2 Å². The summed E-state index contributed by atoms with van der Waals surface area (Å²) in [7, 11) is 0. The predicted octanol–water partition coefficient (Wildman–Crippen LogP) is 8.73. The molecular formula is C33H38N2O3. The second-order valence-corrected chi connectivity index (χ2v) is 11.6. The predicted molar refractivity (Wildman–Crippen MR) is 153 cm³/mol. The van der Waals surface area contributed by atoms with Crippen molar-refractivity contribution >= 4 is 17.2 Å². The number of benzene rings is 3. The number of carbonyl (C=O) groups excluding carboxylic acids is 1. The first-order chi connectivity index (χ1) is 18.2. The summed E-state index contributed by atoms with van der Waals surface area (Å²) in [5, 5.41) is 0. The summed E-state index contributed by atoms with van der Waals surface area (Å²) in [6, 6.07) is 20.6. The zero-order chi connectivity index (χ0) is 26.9. The minimum atomic E-state index is -0.700. The van der Waals surface area contributed by atoms with Gasteiger partial charge < -0.3 is 14.0 Å². The Morgan fingerprint density at radius 1 is 0.947 bits per heavy atom. The van der Waals surface area contributed by atoms with Crippen molar-refractivity contribution in [3.05, 3.63) is 83.2 Å². The van der Waals surface area contributed by atoms with Crippen molar-refractivity contribution in [1.29, 1.82) is 0 Å². The van der Waals surface area contributed by atoms with Crippen LogP contribution in [0, 0.1) is 13.8 Å². The van der Waals surface area contributed by atoms with Crippen LogP contribution in [-0.2, 0) is 11.3 Å². The van der Waals surface area contributed by atoms with Crippen LogP contribution >= 0.6 is 0 Å². The number of hydrogen-bond acceptors (Lipinski definition) is 4. The zero-order valence-corrected chi connectivity index (χ0v) is 23.2. The van der Waals surface area contributed by atoms with E-state index in [9.17, 15) is 4.79 Å². The number of aryl methyl sites for hydroxylation is 2. The van der Waals surface area contributed by atoms with Gasteiger partial charge >= 0.3 is 6.16 Å². The van der Waals surface area contributed by atoms with E-state index in [0.717, 1.165) is 23.2 Å². The number of imidazole rings is 1. The molecule has 0 aliphatic heterocycles. The summed E-state index contributed by atoms with van der Waals surface area (Å²) in [6.45, 7) is 10.6. The van der Waals surface area contributed by atoms with E-state index < -0.39 is 11.8 Å². The number of carbonyl (C=O) groups is 1. The van der Waals surface area contributed by atoms with Gasteiger partial charge in [0, 0.05) is 18.0 Å². The van der Waals surface area contributed by atoms with E-state index in [0.29, 0.717) is 11.7 Å². The minimum Gasteiger partial charge on any atom is -0.428 e. The molecule has 5 nitrogen and oxygen atoms in total. The summed E-state index contributed by atoms with van der Waals surface area (Å²) >= 11 is 0. The Morgan fingerprint density at radius 2 is 1.63 bits per heavy atom. The van der Waals surface area contributed by atoms with E-state index in [-0.39, 0.29) is 0 Å². The Hall–Kier alpha value is -3.60. The number of nitrogens with zero attached hydrogens (tertiary/aromatic N) is 2. The fourth-order valence-electron chi connectivity index (χ4n) is 5.36. The summed E-state index contributed by atoms with van der Waals surface area (Å²) in [5.41, 5.74) is 7.34. The van der Waals surface area contributed by atoms with E-state index >= 15 is 0 Å². The average molecular weight is 511 g/mol. The van der Waals surface area contributed by atoms with Crippen molar-refractivity contribution in [2.75, 3.05) is 0 Å². The van der Waals surface area contributed by atoms with E-state index in [4.69, 9.17) is 14.5 Å². The highest BCUT2D eigenvalue weighted by Crippen LogP contribution is 2.35. The van der Waals surface area contributed by atoms with Crippen LogP contribution in [0.15, 0.2) is 60.7 Å². The maximum atomic E-state index is 12.3. The minimum absolute atomic E-state index is 0.487. The quantitative estimate of drug-likeness (QED) is 0.199. The third-order valence-electron chi connectivity index (χ3n) is 7.44. The van der Waals surface area contributed by atoms with Crippen LogP contribution in [0.4, 0.5) is 4.79 Å². The largest absolute Gasteiger partial charge is 0.514 e.